The lowest BCUT2D eigenvalue weighted by Crippen LogP contribution is -2.30. The monoisotopic (exact) mass is 877 g/mol. The zero-order valence-electron chi connectivity index (χ0n) is 40.0. The van der Waals surface area contributed by atoms with Gasteiger partial charge in [-0.25, -0.2) is 0 Å². The molecule has 0 N–H and O–H groups in total. The van der Waals surface area contributed by atoms with E-state index in [1.54, 1.807) is 0 Å². The van der Waals surface area contributed by atoms with Crippen molar-refractivity contribution in [3.05, 3.63) is 170 Å². The summed E-state index contributed by atoms with van der Waals surface area (Å²) >= 11 is 0. The average molecular weight is 877 g/mol. The summed E-state index contributed by atoms with van der Waals surface area (Å²) in [4.78, 5) is 37.9. The van der Waals surface area contributed by atoms with E-state index < -0.39 is 12.1 Å². The van der Waals surface area contributed by atoms with E-state index in [4.69, 9.17) is 14.2 Å². The predicted octanol–water partition coefficient (Wildman–Crippen LogP) is 16.0. The van der Waals surface area contributed by atoms with Crippen LogP contribution in [0.5, 0.6) is 0 Å². The van der Waals surface area contributed by atoms with Gasteiger partial charge in [-0.15, -0.1) is 0 Å². The summed E-state index contributed by atoms with van der Waals surface area (Å²) in [7, 11) is 0. The molecular weight excluding hydrogens is 793 g/mol. The van der Waals surface area contributed by atoms with Crippen LogP contribution in [0.25, 0.3) is 0 Å². The summed E-state index contributed by atoms with van der Waals surface area (Å²) in [6.07, 6.45) is 74.8. The van der Waals surface area contributed by atoms with E-state index in [9.17, 15) is 14.4 Å². The molecule has 0 bridgehead atoms. The highest BCUT2D eigenvalue weighted by Crippen LogP contribution is 2.11. The van der Waals surface area contributed by atoms with Gasteiger partial charge >= 0.3 is 17.9 Å². The Labute approximate surface area is 390 Å². The number of carbonyl (C=O) groups excluding carboxylic acids is 3. The standard InChI is InChI=1S/C58H84O6/c1-4-7-10-13-16-19-22-25-27-29-31-33-36-39-42-45-48-51-57(60)63-54-55(53-62-56(59)50-47-44-41-38-35-32-24-21-18-15-12-9-6-3)64-58(61)52-49-46-43-40-37-34-30-28-26-23-20-17-14-11-8-5-2/h7-13,15-22,24-29,31,33-34,36-37,43,46,55H,4-6,14,23,30,32,35,38-42,44-45,47-54H2,1-3H3/b10-7+,11-8+,12-9+,16-13+,18-15+,20-17+,22-19+,24-21+,27-25+,28-26+,31-29+,36-33+,37-34+,46-43+. The van der Waals surface area contributed by atoms with Crippen molar-refractivity contribution in [1.29, 1.82) is 0 Å². The van der Waals surface area contributed by atoms with E-state index in [1.807, 2.05) is 79.0 Å². The number of unbranched alkanes of at least 4 members (excludes halogenated alkanes) is 8. The molecule has 64 heavy (non-hydrogen) atoms. The molecule has 0 aliphatic carbocycles. The molecule has 1 unspecified atom stereocenters. The fourth-order valence-electron chi connectivity index (χ4n) is 5.64. The number of rotatable bonds is 40. The first-order valence-corrected chi connectivity index (χ1v) is 24.3. The molecule has 0 aliphatic rings. The van der Waals surface area contributed by atoms with Crippen molar-refractivity contribution in [3.8, 4) is 0 Å². The first-order chi connectivity index (χ1) is 31.5. The summed E-state index contributed by atoms with van der Waals surface area (Å²) in [6, 6.07) is 0. The van der Waals surface area contributed by atoms with Gasteiger partial charge in [0.15, 0.2) is 6.10 Å². The molecule has 0 radical (unpaired) electrons. The van der Waals surface area contributed by atoms with Crippen molar-refractivity contribution in [2.75, 3.05) is 13.2 Å². The Balaban J connectivity index is 4.67. The quantitative estimate of drug-likeness (QED) is 0.0201. The topological polar surface area (TPSA) is 78.9 Å². The lowest BCUT2D eigenvalue weighted by atomic mass is 10.1. The van der Waals surface area contributed by atoms with Gasteiger partial charge in [-0.05, 0) is 89.9 Å². The third-order valence-electron chi connectivity index (χ3n) is 9.18. The molecule has 352 valence electrons. The third-order valence-corrected chi connectivity index (χ3v) is 9.18. The fraction of sp³-hybridized carbons (Fsp3) is 0.466. The highest BCUT2D eigenvalue weighted by Gasteiger charge is 2.19. The minimum absolute atomic E-state index is 0.143. The molecule has 0 aromatic heterocycles. The maximum atomic E-state index is 12.7. The van der Waals surface area contributed by atoms with Gasteiger partial charge in [0.25, 0.3) is 0 Å². The summed E-state index contributed by atoms with van der Waals surface area (Å²) in [5.41, 5.74) is 0. The Bertz CT molecular complexity index is 1570. The largest absolute Gasteiger partial charge is 0.462 e. The highest BCUT2D eigenvalue weighted by atomic mass is 16.6. The van der Waals surface area contributed by atoms with E-state index >= 15 is 0 Å². The van der Waals surface area contributed by atoms with Crippen molar-refractivity contribution in [2.45, 2.75) is 162 Å². The average Bonchev–Trinajstić information content (AvgIpc) is 3.29. The summed E-state index contributed by atoms with van der Waals surface area (Å²) in [5.74, 6) is -1.11. The van der Waals surface area contributed by atoms with Crippen molar-refractivity contribution >= 4 is 17.9 Å². The number of ether oxygens (including phenoxy) is 3. The lowest BCUT2D eigenvalue weighted by molar-refractivity contribution is -0.166. The van der Waals surface area contributed by atoms with Crippen LogP contribution in [0.2, 0.25) is 0 Å². The van der Waals surface area contributed by atoms with Gasteiger partial charge in [0, 0.05) is 19.3 Å². The fourth-order valence-corrected chi connectivity index (χ4v) is 5.64. The van der Waals surface area contributed by atoms with Gasteiger partial charge in [0.2, 0.25) is 0 Å². The highest BCUT2D eigenvalue weighted by molar-refractivity contribution is 5.71. The number of esters is 3. The molecule has 0 fully saturated rings. The van der Waals surface area contributed by atoms with Crippen LogP contribution in [0.3, 0.4) is 0 Å². The number of hydrogen-bond acceptors (Lipinski definition) is 6. The van der Waals surface area contributed by atoms with E-state index in [2.05, 4.69) is 112 Å². The van der Waals surface area contributed by atoms with Crippen molar-refractivity contribution < 1.29 is 28.6 Å². The molecule has 0 rings (SSSR count). The Morgan fingerprint density at radius 1 is 0.328 bits per heavy atom. The van der Waals surface area contributed by atoms with Crippen molar-refractivity contribution in [3.63, 3.8) is 0 Å². The first kappa shape index (κ1) is 58.8. The molecule has 0 aliphatic heterocycles. The molecule has 1 atom stereocenters. The second kappa shape index (κ2) is 50.4. The first-order valence-electron chi connectivity index (χ1n) is 24.3. The molecule has 0 spiro atoms. The second-order valence-electron chi connectivity index (χ2n) is 15.1. The second-order valence-corrected chi connectivity index (χ2v) is 15.1. The molecule has 0 heterocycles. The van der Waals surface area contributed by atoms with Gasteiger partial charge in [-0.1, -0.05) is 217 Å². The SMILES string of the molecule is CC/C=C/C=C/C=C/C=C/C=C/C=C/CCCCCC(=O)OCC(COC(=O)CCCCCCC/C=C/C=C/C=C/CC)OC(=O)CC/C=C/C/C=C/C/C=C/C/C=C/C/C=C/CC. The molecule has 0 amide bonds. The summed E-state index contributed by atoms with van der Waals surface area (Å²) < 4.78 is 16.6. The number of allylic oxidation sites excluding steroid dienone is 28. The summed E-state index contributed by atoms with van der Waals surface area (Å²) in [5, 5.41) is 0. The Hall–Kier alpha value is -5.23. The van der Waals surface area contributed by atoms with Crippen LogP contribution in [0.1, 0.15) is 156 Å². The van der Waals surface area contributed by atoms with Crippen LogP contribution in [0.15, 0.2) is 170 Å². The van der Waals surface area contributed by atoms with Crippen molar-refractivity contribution in [2.24, 2.45) is 0 Å². The van der Waals surface area contributed by atoms with E-state index in [1.165, 1.54) is 0 Å². The van der Waals surface area contributed by atoms with Gasteiger partial charge in [0.05, 0.1) is 0 Å². The molecule has 0 saturated carbocycles. The Morgan fingerprint density at radius 3 is 1.11 bits per heavy atom. The maximum absolute atomic E-state index is 12.7. The summed E-state index contributed by atoms with van der Waals surface area (Å²) in [6.45, 7) is 6.08. The molecule has 6 nitrogen and oxygen atoms in total. The maximum Gasteiger partial charge on any atom is 0.306 e. The van der Waals surface area contributed by atoms with Gasteiger partial charge in [0.1, 0.15) is 13.2 Å². The Morgan fingerprint density at radius 2 is 0.672 bits per heavy atom. The number of carbonyl (C=O) groups is 3. The van der Waals surface area contributed by atoms with Crippen LogP contribution in [0.4, 0.5) is 0 Å². The Kier molecular flexibility index (Phi) is 46.3. The molecule has 0 aromatic rings. The van der Waals surface area contributed by atoms with Gasteiger partial charge < -0.3 is 14.2 Å². The zero-order valence-corrected chi connectivity index (χ0v) is 40.0. The van der Waals surface area contributed by atoms with Gasteiger partial charge in [-0.3, -0.25) is 14.4 Å². The molecule has 6 heteroatoms. The smallest absolute Gasteiger partial charge is 0.306 e. The van der Waals surface area contributed by atoms with Crippen LogP contribution < -0.4 is 0 Å². The van der Waals surface area contributed by atoms with E-state index in [0.29, 0.717) is 19.3 Å². The predicted molar refractivity (Wildman–Crippen MR) is 274 cm³/mol. The van der Waals surface area contributed by atoms with Crippen molar-refractivity contribution in [1.82, 2.24) is 0 Å². The van der Waals surface area contributed by atoms with E-state index in [0.717, 1.165) is 103 Å². The third kappa shape index (κ3) is 47.8. The number of hydrogen-bond donors (Lipinski definition) is 0. The molecular formula is C58H84O6. The van der Waals surface area contributed by atoms with Crippen LogP contribution >= 0.6 is 0 Å². The van der Waals surface area contributed by atoms with Crippen LogP contribution in [-0.4, -0.2) is 37.2 Å². The van der Waals surface area contributed by atoms with Crippen LogP contribution in [-0.2, 0) is 28.6 Å². The molecule has 0 aromatic carbocycles. The lowest BCUT2D eigenvalue weighted by Gasteiger charge is -2.18. The zero-order chi connectivity index (χ0) is 46.5. The minimum Gasteiger partial charge on any atom is -0.462 e. The molecule has 0 saturated heterocycles. The van der Waals surface area contributed by atoms with Gasteiger partial charge in [-0.2, -0.15) is 0 Å². The normalized spacial score (nSPS) is 13.6. The van der Waals surface area contributed by atoms with E-state index in [-0.39, 0.29) is 38.0 Å². The van der Waals surface area contributed by atoms with Crippen LogP contribution in [0, 0.1) is 0 Å². The minimum atomic E-state index is -0.854.